The number of nitrogens with zero attached hydrogens (tertiary/aromatic N) is 1. The first-order valence-electron chi connectivity index (χ1n) is 4.65. The molecule has 1 aliphatic rings. The van der Waals surface area contributed by atoms with Crippen LogP contribution >= 0.6 is 0 Å². The maximum atomic E-state index is 5.85. The third-order valence-corrected chi connectivity index (χ3v) is 2.55. The van der Waals surface area contributed by atoms with E-state index in [1.54, 1.807) is 12.4 Å². The lowest BCUT2D eigenvalue weighted by Gasteiger charge is -2.23. The Kier molecular flexibility index (Phi) is 2.45. The van der Waals surface area contributed by atoms with Crippen LogP contribution < -0.4 is 5.73 Å². The molecule has 0 radical (unpaired) electrons. The zero-order valence-corrected chi connectivity index (χ0v) is 7.57. The summed E-state index contributed by atoms with van der Waals surface area (Å²) in [6.45, 7) is 1.71. The van der Waals surface area contributed by atoms with Crippen LogP contribution in [0.2, 0.25) is 0 Å². The Morgan fingerprint density at radius 2 is 2.15 bits per heavy atom. The van der Waals surface area contributed by atoms with Gasteiger partial charge < -0.3 is 10.5 Å². The van der Waals surface area contributed by atoms with Gasteiger partial charge >= 0.3 is 0 Å². The van der Waals surface area contributed by atoms with E-state index in [0.29, 0.717) is 5.92 Å². The van der Waals surface area contributed by atoms with E-state index in [4.69, 9.17) is 10.5 Å². The van der Waals surface area contributed by atoms with Crippen molar-refractivity contribution in [3.8, 4) is 0 Å². The van der Waals surface area contributed by atoms with Gasteiger partial charge in [-0.3, -0.25) is 4.98 Å². The number of hydrogen-bond acceptors (Lipinski definition) is 3. The Hall–Kier alpha value is -1.09. The molecule has 0 amide bonds. The molecule has 13 heavy (non-hydrogen) atoms. The van der Waals surface area contributed by atoms with Crippen LogP contribution in [0.3, 0.4) is 0 Å². The minimum absolute atomic E-state index is 0.566. The smallest absolute Gasteiger partial charge is 0.0535 e. The van der Waals surface area contributed by atoms with Crippen molar-refractivity contribution in [2.45, 2.75) is 18.8 Å². The van der Waals surface area contributed by atoms with E-state index in [2.05, 4.69) is 4.98 Å². The summed E-state index contributed by atoms with van der Waals surface area (Å²) in [5.74, 6) is 0.566. The van der Waals surface area contributed by atoms with Gasteiger partial charge in [-0.1, -0.05) is 0 Å². The van der Waals surface area contributed by atoms with Gasteiger partial charge in [0.05, 0.1) is 11.9 Å². The molecule has 70 valence electrons. The van der Waals surface area contributed by atoms with Crippen LogP contribution in [0.5, 0.6) is 0 Å². The molecule has 2 N–H and O–H groups in total. The first-order valence-corrected chi connectivity index (χ1v) is 4.65. The summed E-state index contributed by atoms with van der Waals surface area (Å²) in [6, 6.07) is 2.02. The molecule has 0 aliphatic carbocycles. The van der Waals surface area contributed by atoms with Gasteiger partial charge in [0.2, 0.25) is 0 Å². The van der Waals surface area contributed by atoms with E-state index < -0.39 is 0 Å². The lowest BCUT2D eigenvalue weighted by atomic mass is 9.91. The topological polar surface area (TPSA) is 48.1 Å². The fraction of sp³-hybridized carbons (Fsp3) is 0.500. The molecule has 0 saturated carbocycles. The second-order valence-electron chi connectivity index (χ2n) is 3.39. The van der Waals surface area contributed by atoms with Gasteiger partial charge in [0, 0.05) is 19.4 Å². The Labute approximate surface area is 77.9 Å². The van der Waals surface area contributed by atoms with Crippen molar-refractivity contribution in [1.82, 2.24) is 4.98 Å². The SMILES string of the molecule is Nc1cnccc1C1CCOCC1. The molecule has 1 aromatic rings. The number of aromatic nitrogens is 1. The summed E-state index contributed by atoms with van der Waals surface area (Å²) in [4.78, 5) is 3.98. The van der Waals surface area contributed by atoms with Crippen LogP contribution in [0, 0.1) is 0 Å². The quantitative estimate of drug-likeness (QED) is 0.710. The van der Waals surface area contributed by atoms with Crippen molar-refractivity contribution in [3.05, 3.63) is 24.0 Å². The van der Waals surface area contributed by atoms with Gasteiger partial charge in [-0.15, -0.1) is 0 Å². The molecule has 0 aromatic carbocycles. The lowest BCUT2D eigenvalue weighted by Crippen LogP contribution is -2.15. The number of anilines is 1. The highest BCUT2D eigenvalue weighted by Crippen LogP contribution is 2.29. The van der Waals surface area contributed by atoms with Gasteiger partial charge in [-0.05, 0) is 30.4 Å². The standard InChI is InChI=1S/C10H14N2O/c11-10-7-12-4-1-9(10)8-2-5-13-6-3-8/h1,4,7-8H,2-3,5-6,11H2. The second kappa shape index (κ2) is 3.75. The third-order valence-electron chi connectivity index (χ3n) is 2.55. The van der Waals surface area contributed by atoms with Crippen LogP contribution in [0.25, 0.3) is 0 Å². The van der Waals surface area contributed by atoms with Crippen molar-refractivity contribution in [1.29, 1.82) is 0 Å². The van der Waals surface area contributed by atoms with Gasteiger partial charge in [0.1, 0.15) is 0 Å². The highest BCUT2D eigenvalue weighted by atomic mass is 16.5. The molecular weight excluding hydrogens is 164 g/mol. The van der Waals surface area contributed by atoms with Crippen LogP contribution in [-0.2, 0) is 4.74 Å². The zero-order valence-electron chi connectivity index (χ0n) is 7.57. The number of nitrogens with two attached hydrogens (primary N) is 1. The van der Waals surface area contributed by atoms with Crippen molar-refractivity contribution < 1.29 is 4.74 Å². The molecule has 1 aliphatic heterocycles. The Bertz CT molecular complexity index is 282. The zero-order chi connectivity index (χ0) is 9.10. The summed E-state index contributed by atoms with van der Waals surface area (Å²) >= 11 is 0. The first kappa shape index (κ1) is 8.51. The van der Waals surface area contributed by atoms with E-state index >= 15 is 0 Å². The van der Waals surface area contributed by atoms with Gasteiger partial charge in [-0.2, -0.15) is 0 Å². The summed E-state index contributed by atoms with van der Waals surface area (Å²) in [7, 11) is 0. The van der Waals surface area contributed by atoms with Gasteiger partial charge in [-0.25, -0.2) is 0 Å². The Morgan fingerprint density at radius 3 is 2.85 bits per heavy atom. The number of rotatable bonds is 1. The lowest BCUT2D eigenvalue weighted by molar-refractivity contribution is 0.0854. The minimum atomic E-state index is 0.566. The maximum Gasteiger partial charge on any atom is 0.0535 e. The number of ether oxygens (including phenoxy) is 1. The molecule has 2 heterocycles. The molecule has 2 rings (SSSR count). The summed E-state index contributed by atoms with van der Waals surface area (Å²) in [5.41, 5.74) is 7.90. The molecule has 3 heteroatoms. The van der Waals surface area contributed by atoms with Gasteiger partial charge in [0.15, 0.2) is 0 Å². The van der Waals surface area contributed by atoms with Gasteiger partial charge in [0.25, 0.3) is 0 Å². The fourth-order valence-electron chi connectivity index (χ4n) is 1.80. The van der Waals surface area contributed by atoms with Crippen molar-refractivity contribution >= 4 is 5.69 Å². The Morgan fingerprint density at radius 1 is 1.38 bits per heavy atom. The normalized spacial score (nSPS) is 18.8. The largest absolute Gasteiger partial charge is 0.397 e. The number of nitrogen functional groups attached to an aromatic ring is 1. The monoisotopic (exact) mass is 178 g/mol. The number of hydrogen-bond donors (Lipinski definition) is 1. The maximum absolute atomic E-state index is 5.85. The molecule has 1 aromatic heterocycles. The molecule has 0 atom stereocenters. The predicted octanol–water partition coefficient (Wildman–Crippen LogP) is 1.56. The fourth-order valence-corrected chi connectivity index (χ4v) is 1.80. The van der Waals surface area contributed by atoms with Crippen molar-refractivity contribution in [2.75, 3.05) is 18.9 Å². The second-order valence-corrected chi connectivity index (χ2v) is 3.39. The summed E-state index contributed by atoms with van der Waals surface area (Å²) in [6.07, 6.45) is 5.69. The van der Waals surface area contributed by atoms with E-state index in [1.807, 2.05) is 6.07 Å². The van der Waals surface area contributed by atoms with Crippen LogP contribution in [0.1, 0.15) is 24.3 Å². The summed E-state index contributed by atoms with van der Waals surface area (Å²) < 4.78 is 5.30. The molecule has 0 unspecified atom stereocenters. The highest BCUT2D eigenvalue weighted by Gasteiger charge is 2.17. The average Bonchev–Trinajstić information content (AvgIpc) is 2.20. The first-order chi connectivity index (χ1) is 6.38. The predicted molar refractivity (Wildman–Crippen MR) is 51.4 cm³/mol. The Balaban J connectivity index is 2.18. The van der Waals surface area contributed by atoms with Crippen molar-refractivity contribution in [2.24, 2.45) is 0 Å². The number of pyridine rings is 1. The van der Waals surface area contributed by atoms with E-state index in [-0.39, 0.29) is 0 Å². The third kappa shape index (κ3) is 1.80. The molecule has 3 nitrogen and oxygen atoms in total. The average molecular weight is 178 g/mol. The molecule has 1 saturated heterocycles. The van der Waals surface area contributed by atoms with Crippen LogP contribution in [-0.4, -0.2) is 18.2 Å². The molecule has 1 fully saturated rings. The molecule has 0 bridgehead atoms. The van der Waals surface area contributed by atoms with Crippen LogP contribution in [0.4, 0.5) is 5.69 Å². The summed E-state index contributed by atoms with van der Waals surface area (Å²) in [5, 5.41) is 0. The van der Waals surface area contributed by atoms with E-state index in [1.165, 1.54) is 5.56 Å². The van der Waals surface area contributed by atoms with Crippen molar-refractivity contribution in [3.63, 3.8) is 0 Å². The highest BCUT2D eigenvalue weighted by molar-refractivity contribution is 5.46. The van der Waals surface area contributed by atoms with E-state index in [0.717, 1.165) is 31.7 Å². The van der Waals surface area contributed by atoms with E-state index in [9.17, 15) is 0 Å². The molecule has 0 spiro atoms. The minimum Gasteiger partial charge on any atom is -0.397 e. The molecular formula is C10H14N2O. The van der Waals surface area contributed by atoms with Crippen LogP contribution in [0.15, 0.2) is 18.5 Å².